The third-order valence-electron chi connectivity index (χ3n) is 2.00. The minimum absolute atomic E-state index is 0.360. The van der Waals surface area contributed by atoms with Crippen molar-refractivity contribution >= 4 is 42.6 Å². The van der Waals surface area contributed by atoms with Gasteiger partial charge in [0, 0.05) is 13.1 Å². The normalized spacial score (nSPS) is 18.6. The Kier molecular flexibility index (Phi) is 3.80. The number of nitrogens with zero attached hydrogens (tertiary/aromatic N) is 2. The summed E-state index contributed by atoms with van der Waals surface area (Å²) < 4.78 is 33.4. The molecule has 6 nitrogen and oxygen atoms in total. The molecule has 1 fully saturated rings. The molecule has 0 aliphatic carbocycles. The van der Waals surface area contributed by atoms with Gasteiger partial charge in [0.25, 0.3) is 0 Å². The fourth-order valence-electron chi connectivity index (χ4n) is 1.26. The Hall–Kier alpha value is -0.220. The van der Waals surface area contributed by atoms with Gasteiger partial charge >= 0.3 is 10.2 Å². The largest absolute Gasteiger partial charge is 0.379 e. The summed E-state index contributed by atoms with van der Waals surface area (Å²) in [5.41, 5.74) is 0. The Morgan fingerprint density at radius 1 is 1.50 bits per heavy atom. The van der Waals surface area contributed by atoms with Crippen LogP contribution >= 0.6 is 27.3 Å². The number of hydrogen-bond donors (Lipinski definition) is 1. The second-order valence-corrected chi connectivity index (χ2v) is 7.17. The van der Waals surface area contributed by atoms with Crippen LogP contribution in [-0.2, 0) is 14.9 Å². The van der Waals surface area contributed by atoms with Gasteiger partial charge in [-0.05, 0) is 15.9 Å². The fourth-order valence-corrected chi connectivity index (χ4v) is 3.74. The first-order chi connectivity index (χ1) is 7.58. The van der Waals surface area contributed by atoms with E-state index >= 15 is 0 Å². The van der Waals surface area contributed by atoms with Crippen molar-refractivity contribution in [2.45, 2.75) is 0 Å². The van der Waals surface area contributed by atoms with E-state index in [0.717, 1.165) is 3.79 Å². The van der Waals surface area contributed by atoms with Crippen LogP contribution in [0.5, 0.6) is 0 Å². The lowest BCUT2D eigenvalue weighted by Crippen LogP contribution is -2.43. The molecule has 1 aromatic rings. The lowest BCUT2D eigenvalue weighted by molar-refractivity contribution is 0.0733. The summed E-state index contributed by atoms with van der Waals surface area (Å²) in [5, 5.41) is 0.360. The highest BCUT2D eigenvalue weighted by molar-refractivity contribution is 9.11. The van der Waals surface area contributed by atoms with Crippen LogP contribution in [0, 0.1) is 0 Å². The van der Waals surface area contributed by atoms with E-state index < -0.39 is 10.2 Å². The Balaban J connectivity index is 2.07. The van der Waals surface area contributed by atoms with E-state index in [1.807, 2.05) is 0 Å². The van der Waals surface area contributed by atoms with E-state index in [4.69, 9.17) is 4.74 Å². The van der Waals surface area contributed by atoms with Crippen molar-refractivity contribution in [1.29, 1.82) is 0 Å². The van der Waals surface area contributed by atoms with E-state index in [-0.39, 0.29) is 0 Å². The van der Waals surface area contributed by atoms with Gasteiger partial charge in [-0.3, -0.25) is 0 Å². The minimum atomic E-state index is -3.49. The lowest BCUT2D eigenvalue weighted by atomic mass is 10.5. The molecule has 0 bridgehead atoms. The number of anilines is 1. The van der Waals surface area contributed by atoms with Crippen molar-refractivity contribution in [3.8, 4) is 0 Å². The van der Waals surface area contributed by atoms with Gasteiger partial charge in [0.2, 0.25) is 0 Å². The summed E-state index contributed by atoms with van der Waals surface area (Å²) in [6, 6.07) is 0. The van der Waals surface area contributed by atoms with Crippen LogP contribution in [0.25, 0.3) is 0 Å². The van der Waals surface area contributed by atoms with Gasteiger partial charge in [0.15, 0.2) is 5.13 Å². The maximum absolute atomic E-state index is 11.9. The van der Waals surface area contributed by atoms with E-state index in [9.17, 15) is 8.42 Å². The summed E-state index contributed by atoms with van der Waals surface area (Å²) in [6.07, 6.45) is 1.56. The van der Waals surface area contributed by atoms with Crippen LogP contribution in [0.2, 0.25) is 0 Å². The van der Waals surface area contributed by atoms with Gasteiger partial charge in [-0.1, -0.05) is 11.3 Å². The van der Waals surface area contributed by atoms with Gasteiger partial charge in [-0.25, -0.2) is 9.71 Å². The maximum Gasteiger partial charge on any atom is 0.303 e. The van der Waals surface area contributed by atoms with Crippen molar-refractivity contribution in [3.63, 3.8) is 0 Å². The SMILES string of the molecule is O=S(=O)(Nc1ncc(Br)s1)N1CCOCC1. The molecule has 0 aromatic carbocycles. The summed E-state index contributed by atoms with van der Waals surface area (Å²) in [6.45, 7) is 1.62. The quantitative estimate of drug-likeness (QED) is 0.895. The molecule has 1 aliphatic rings. The van der Waals surface area contributed by atoms with Crippen LogP contribution in [0.3, 0.4) is 0 Å². The molecule has 2 heterocycles. The van der Waals surface area contributed by atoms with Crippen LogP contribution in [-0.4, -0.2) is 44.0 Å². The number of hydrogen-bond acceptors (Lipinski definition) is 5. The highest BCUT2D eigenvalue weighted by Crippen LogP contribution is 2.24. The smallest absolute Gasteiger partial charge is 0.303 e. The van der Waals surface area contributed by atoms with E-state index in [1.165, 1.54) is 15.6 Å². The Bertz CT molecular complexity index is 455. The van der Waals surface area contributed by atoms with Gasteiger partial charge < -0.3 is 4.74 Å². The molecule has 1 saturated heterocycles. The monoisotopic (exact) mass is 327 g/mol. The summed E-state index contributed by atoms with van der Waals surface area (Å²) in [4.78, 5) is 3.92. The van der Waals surface area contributed by atoms with Crippen LogP contribution in [0.15, 0.2) is 9.98 Å². The molecule has 90 valence electrons. The molecule has 0 saturated carbocycles. The van der Waals surface area contributed by atoms with Gasteiger partial charge in [-0.2, -0.15) is 12.7 Å². The minimum Gasteiger partial charge on any atom is -0.379 e. The maximum atomic E-state index is 11.9. The number of ether oxygens (including phenoxy) is 1. The molecule has 2 rings (SSSR count). The Labute approximate surface area is 106 Å². The molecule has 0 amide bonds. The van der Waals surface area contributed by atoms with Crippen LogP contribution in [0.1, 0.15) is 0 Å². The number of halogens is 1. The summed E-state index contributed by atoms with van der Waals surface area (Å²) >= 11 is 4.46. The van der Waals surface area contributed by atoms with E-state index in [2.05, 4.69) is 25.6 Å². The van der Waals surface area contributed by atoms with Gasteiger partial charge in [0.1, 0.15) is 0 Å². The van der Waals surface area contributed by atoms with Crippen molar-refractivity contribution in [2.24, 2.45) is 0 Å². The number of thiazole rings is 1. The number of morpholine rings is 1. The van der Waals surface area contributed by atoms with E-state index in [0.29, 0.717) is 31.4 Å². The highest BCUT2D eigenvalue weighted by Gasteiger charge is 2.24. The Morgan fingerprint density at radius 2 is 2.19 bits per heavy atom. The van der Waals surface area contributed by atoms with Crippen molar-refractivity contribution in [1.82, 2.24) is 9.29 Å². The highest BCUT2D eigenvalue weighted by atomic mass is 79.9. The fraction of sp³-hybridized carbons (Fsp3) is 0.571. The molecule has 0 unspecified atom stereocenters. The van der Waals surface area contributed by atoms with Crippen molar-refractivity contribution in [2.75, 3.05) is 31.0 Å². The predicted octanol–water partition coefficient (Wildman–Crippen LogP) is 0.895. The second-order valence-electron chi connectivity index (χ2n) is 3.09. The summed E-state index contributed by atoms with van der Waals surface area (Å²) in [7, 11) is -3.49. The van der Waals surface area contributed by atoms with Crippen molar-refractivity contribution < 1.29 is 13.2 Å². The summed E-state index contributed by atoms with van der Waals surface area (Å²) in [5.74, 6) is 0. The van der Waals surface area contributed by atoms with Crippen LogP contribution in [0.4, 0.5) is 5.13 Å². The predicted molar refractivity (Wildman–Crippen MR) is 64.7 cm³/mol. The molecular formula is C7H10BrN3O3S2. The number of nitrogens with one attached hydrogen (secondary N) is 1. The third kappa shape index (κ3) is 2.92. The van der Waals surface area contributed by atoms with E-state index in [1.54, 1.807) is 6.20 Å². The number of rotatable bonds is 3. The lowest BCUT2D eigenvalue weighted by Gasteiger charge is -2.25. The first kappa shape index (κ1) is 12.2. The zero-order valence-corrected chi connectivity index (χ0v) is 11.4. The Morgan fingerprint density at radius 3 is 2.75 bits per heavy atom. The molecular weight excluding hydrogens is 318 g/mol. The van der Waals surface area contributed by atoms with Crippen molar-refractivity contribution in [3.05, 3.63) is 9.98 Å². The topological polar surface area (TPSA) is 71.5 Å². The van der Waals surface area contributed by atoms with Gasteiger partial charge in [0.05, 0.1) is 23.2 Å². The third-order valence-corrected chi connectivity index (χ3v) is 5.02. The zero-order chi connectivity index (χ0) is 11.6. The molecule has 1 aliphatic heterocycles. The first-order valence-electron chi connectivity index (χ1n) is 4.55. The first-order valence-corrected chi connectivity index (χ1v) is 7.60. The molecule has 0 spiro atoms. The molecule has 0 atom stereocenters. The second kappa shape index (κ2) is 4.96. The van der Waals surface area contributed by atoms with Gasteiger partial charge in [-0.15, -0.1) is 0 Å². The molecule has 9 heteroatoms. The average Bonchev–Trinajstić information content (AvgIpc) is 2.64. The standard InChI is InChI=1S/C7H10BrN3O3S2/c8-6-5-9-7(15-6)10-16(12,13)11-1-3-14-4-2-11/h5H,1-4H2,(H,9,10). The van der Waals surface area contributed by atoms with Crippen LogP contribution < -0.4 is 4.72 Å². The molecule has 0 radical (unpaired) electrons. The number of aromatic nitrogens is 1. The molecule has 16 heavy (non-hydrogen) atoms. The molecule has 1 aromatic heterocycles. The average molecular weight is 328 g/mol. The zero-order valence-electron chi connectivity index (χ0n) is 8.22. The molecule has 1 N–H and O–H groups in total.